The molecule has 1 saturated carbocycles. The molecule has 136 valence electrons. The third kappa shape index (κ3) is 4.62. The molecule has 25 heavy (non-hydrogen) atoms. The number of aryl methyl sites for hydroxylation is 1. The average Bonchev–Trinajstić information content (AvgIpc) is 3.03. The number of para-hydroxylation sites is 1. The molecular weight excluding hydrogens is 315 g/mol. The molecule has 0 bridgehead atoms. The number of nitrogens with zero attached hydrogens (tertiary/aromatic N) is 1. The van der Waals surface area contributed by atoms with Crippen LogP contribution in [0.4, 0.5) is 4.39 Å². The smallest absolute Gasteiger partial charge is 0.253 e. The minimum Gasteiger partial charge on any atom is -0.352 e. The molecule has 1 heterocycles. The van der Waals surface area contributed by atoms with Gasteiger partial charge in [0.25, 0.3) is 5.91 Å². The van der Waals surface area contributed by atoms with Gasteiger partial charge in [0.15, 0.2) is 0 Å². The Kier molecular flexibility index (Phi) is 6.48. The first-order valence-corrected chi connectivity index (χ1v) is 9.71. The number of carbonyl (C=O) groups excluding carboxylic acids is 1. The molecule has 1 aromatic carbocycles. The van der Waals surface area contributed by atoms with E-state index in [-0.39, 0.29) is 12.6 Å². The third-order valence-electron chi connectivity index (χ3n) is 5.34. The quantitative estimate of drug-likeness (QED) is 0.665. The molecule has 1 aromatic heterocycles. The number of hydrogen-bond acceptors (Lipinski definition) is 1. The summed E-state index contributed by atoms with van der Waals surface area (Å²) in [5, 5.41) is 4.16. The van der Waals surface area contributed by atoms with Crippen LogP contribution in [0.2, 0.25) is 0 Å². The van der Waals surface area contributed by atoms with Crippen molar-refractivity contribution in [1.29, 1.82) is 0 Å². The Morgan fingerprint density at radius 1 is 1.12 bits per heavy atom. The number of hydrogen-bond donors (Lipinski definition) is 1. The molecule has 1 aliphatic rings. The van der Waals surface area contributed by atoms with Crippen LogP contribution in [0.3, 0.4) is 0 Å². The summed E-state index contributed by atoms with van der Waals surface area (Å²) in [6.07, 6.45) is 10.8. The zero-order valence-corrected chi connectivity index (χ0v) is 15.0. The van der Waals surface area contributed by atoms with E-state index in [1.807, 2.05) is 24.4 Å². The van der Waals surface area contributed by atoms with Gasteiger partial charge in [0.1, 0.15) is 0 Å². The highest BCUT2D eigenvalue weighted by molar-refractivity contribution is 6.07. The summed E-state index contributed by atoms with van der Waals surface area (Å²) in [6.45, 7) is 1.37. The number of carbonyl (C=O) groups is 1. The normalized spacial score (nSPS) is 15.6. The summed E-state index contributed by atoms with van der Waals surface area (Å²) in [6, 6.07) is 8.06. The minimum atomic E-state index is -0.249. The number of unbranched alkanes of at least 4 members (excludes halogenated alkanes) is 2. The fourth-order valence-corrected chi connectivity index (χ4v) is 3.89. The molecule has 0 aliphatic heterocycles. The minimum absolute atomic E-state index is 0.0317. The van der Waals surface area contributed by atoms with E-state index in [1.54, 1.807) is 0 Å². The van der Waals surface area contributed by atoms with Crippen LogP contribution in [0, 0.1) is 5.92 Å². The number of aromatic nitrogens is 1. The van der Waals surface area contributed by atoms with Crippen LogP contribution in [0.1, 0.15) is 61.7 Å². The Morgan fingerprint density at radius 3 is 2.72 bits per heavy atom. The molecule has 3 nitrogen and oxygen atoms in total. The summed E-state index contributed by atoms with van der Waals surface area (Å²) in [5.41, 5.74) is 1.85. The van der Waals surface area contributed by atoms with Crippen molar-refractivity contribution in [3.63, 3.8) is 0 Å². The lowest BCUT2D eigenvalue weighted by Gasteiger charge is -2.21. The van der Waals surface area contributed by atoms with Gasteiger partial charge in [-0.25, -0.2) is 0 Å². The molecule has 1 fully saturated rings. The first-order valence-electron chi connectivity index (χ1n) is 9.71. The van der Waals surface area contributed by atoms with Crippen molar-refractivity contribution in [3.05, 3.63) is 36.0 Å². The predicted octanol–water partition coefficient (Wildman–Crippen LogP) is 5.09. The van der Waals surface area contributed by atoms with Crippen molar-refractivity contribution in [2.45, 2.75) is 57.9 Å². The van der Waals surface area contributed by atoms with Gasteiger partial charge in [-0.15, -0.1) is 0 Å². The maximum absolute atomic E-state index is 12.7. The topological polar surface area (TPSA) is 34.0 Å². The molecule has 1 N–H and O–H groups in total. The summed E-state index contributed by atoms with van der Waals surface area (Å²) >= 11 is 0. The van der Waals surface area contributed by atoms with Crippen LogP contribution in [-0.4, -0.2) is 23.7 Å². The summed E-state index contributed by atoms with van der Waals surface area (Å²) in [7, 11) is 0. The van der Waals surface area contributed by atoms with E-state index in [9.17, 15) is 9.18 Å². The van der Waals surface area contributed by atoms with E-state index in [0.717, 1.165) is 42.4 Å². The Balaban J connectivity index is 1.68. The van der Waals surface area contributed by atoms with Gasteiger partial charge in [0.2, 0.25) is 0 Å². The monoisotopic (exact) mass is 344 g/mol. The van der Waals surface area contributed by atoms with Gasteiger partial charge in [-0.1, -0.05) is 37.5 Å². The fourth-order valence-electron chi connectivity index (χ4n) is 3.89. The van der Waals surface area contributed by atoms with E-state index in [2.05, 4.69) is 16.0 Å². The molecule has 3 rings (SSSR count). The number of halogens is 1. The Morgan fingerprint density at radius 2 is 1.92 bits per heavy atom. The summed E-state index contributed by atoms with van der Waals surface area (Å²) in [4.78, 5) is 12.7. The molecule has 1 aliphatic carbocycles. The molecule has 1 amide bonds. The zero-order chi connectivity index (χ0) is 17.5. The molecule has 4 heteroatoms. The van der Waals surface area contributed by atoms with Crippen LogP contribution in [0.15, 0.2) is 30.5 Å². The van der Waals surface area contributed by atoms with Crippen LogP contribution in [0.5, 0.6) is 0 Å². The van der Waals surface area contributed by atoms with E-state index < -0.39 is 0 Å². The van der Waals surface area contributed by atoms with E-state index >= 15 is 0 Å². The van der Waals surface area contributed by atoms with Crippen LogP contribution in [-0.2, 0) is 6.54 Å². The lowest BCUT2D eigenvalue weighted by atomic mass is 9.89. The first-order chi connectivity index (χ1) is 12.3. The average molecular weight is 344 g/mol. The van der Waals surface area contributed by atoms with Gasteiger partial charge < -0.3 is 9.88 Å². The molecule has 0 radical (unpaired) electrons. The van der Waals surface area contributed by atoms with Gasteiger partial charge in [0.05, 0.1) is 12.2 Å². The number of alkyl halides is 1. The maximum Gasteiger partial charge on any atom is 0.253 e. The van der Waals surface area contributed by atoms with Crippen molar-refractivity contribution in [2.24, 2.45) is 5.92 Å². The summed E-state index contributed by atoms with van der Waals surface area (Å²) < 4.78 is 14.4. The summed E-state index contributed by atoms with van der Waals surface area (Å²) in [5.74, 6) is 0.663. The molecule has 0 saturated heterocycles. The molecule has 0 spiro atoms. The highest BCUT2D eigenvalue weighted by Crippen LogP contribution is 2.24. The van der Waals surface area contributed by atoms with Gasteiger partial charge >= 0.3 is 0 Å². The van der Waals surface area contributed by atoms with Gasteiger partial charge in [0, 0.05) is 30.2 Å². The van der Waals surface area contributed by atoms with Crippen LogP contribution >= 0.6 is 0 Å². The van der Waals surface area contributed by atoms with Crippen LogP contribution in [0.25, 0.3) is 10.9 Å². The van der Waals surface area contributed by atoms with E-state index in [4.69, 9.17) is 0 Å². The van der Waals surface area contributed by atoms with Crippen molar-refractivity contribution >= 4 is 16.8 Å². The molecule has 0 unspecified atom stereocenters. The number of benzene rings is 1. The van der Waals surface area contributed by atoms with Gasteiger partial charge in [-0.3, -0.25) is 9.18 Å². The van der Waals surface area contributed by atoms with Crippen molar-refractivity contribution in [1.82, 2.24) is 9.88 Å². The largest absolute Gasteiger partial charge is 0.352 e. The highest BCUT2D eigenvalue weighted by atomic mass is 19.1. The Bertz CT molecular complexity index is 688. The number of nitrogens with one attached hydrogen (secondary N) is 1. The number of fused-ring (bicyclic) bond motifs is 1. The first kappa shape index (κ1) is 18.0. The lowest BCUT2D eigenvalue weighted by Crippen LogP contribution is -2.30. The van der Waals surface area contributed by atoms with Crippen molar-refractivity contribution in [3.8, 4) is 0 Å². The van der Waals surface area contributed by atoms with Crippen molar-refractivity contribution in [2.75, 3.05) is 13.2 Å². The molecule has 0 atom stereocenters. The number of rotatable bonds is 8. The van der Waals surface area contributed by atoms with Gasteiger partial charge in [-0.05, 0) is 44.1 Å². The fraction of sp³-hybridized carbons (Fsp3) is 0.571. The Labute approximate surface area is 149 Å². The van der Waals surface area contributed by atoms with Crippen LogP contribution < -0.4 is 5.32 Å². The SMILES string of the molecule is O=C(NCC1CCCCC1)c1cn(CCCCCF)c2ccccc12. The van der Waals surface area contributed by atoms with E-state index in [0.29, 0.717) is 12.3 Å². The second kappa shape index (κ2) is 9.02. The standard InChI is InChI=1S/C21H29FN2O/c22-13-7-2-8-14-24-16-19(18-11-5-6-12-20(18)24)21(25)23-15-17-9-3-1-4-10-17/h5-6,11-12,16-17H,1-4,7-10,13-15H2,(H,23,25). The second-order valence-electron chi connectivity index (χ2n) is 7.22. The lowest BCUT2D eigenvalue weighted by molar-refractivity contribution is 0.0945. The molecular formula is C21H29FN2O. The molecule has 2 aromatic rings. The Hall–Kier alpha value is -1.84. The van der Waals surface area contributed by atoms with Gasteiger partial charge in [-0.2, -0.15) is 0 Å². The third-order valence-corrected chi connectivity index (χ3v) is 5.34. The number of amides is 1. The second-order valence-corrected chi connectivity index (χ2v) is 7.22. The van der Waals surface area contributed by atoms with E-state index in [1.165, 1.54) is 32.1 Å². The predicted molar refractivity (Wildman–Crippen MR) is 101 cm³/mol. The zero-order valence-electron chi connectivity index (χ0n) is 15.0. The van der Waals surface area contributed by atoms with Crippen molar-refractivity contribution < 1.29 is 9.18 Å². The highest BCUT2D eigenvalue weighted by Gasteiger charge is 2.18. The maximum atomic E-state index is 12.7.